The zero-order valence-electron chi connectivity index (χ0n) is 31.7. The van der Waals surface area contributed by atoms with Crippen LogP contribution in [-0.2, 0) is 34.3 Å². The van der Waals surface area contributed by atoms with Gasteiger partial charge in [0.2, 0.25) is 10.0 Å². The van der Waals surface area contributed by atoms with Gasteiger partial charge in [0.25, 0.3) is 5.91 Å². The molecule has 3 aliphatic heterocycles. The number of fused-ring (bicyclic) bond motifs is 3. The van der Waals surface area contributed by atoms with E-state index in [1.807, 2.05) is 49.9 Å². The Kier molecular flexibility index (Phi) is 12.4. The summed E-state index contributed by atoms with van der Waals surface area (Å²) in [5.74, 6) is 0.424. The predicted molar refractivity (Wildman–Crippen MR) is 216 cm³/mol. The summed E-state index contributed by atoms with van der Waals surface area (Å²) in [5, 5.41) is 2.06. The van der Waals surface area contributed by atoms with Gasteiger partial charge >= 0.3 is 0 Å². The molecule has 0 unspecified atom stereocenters. The molecule has 4 aliphatic rings. The highest BCUT2D eigenvalue weighted by Crippen LogP contribution is 2.47. The van der Waals surface area contributed by atoms with Gasteiger partial charge < -0.3 is 14.4 Å². The molecular weight excluding hydrogens is 742 g/mol. The number of aromatic nitrogens is 1. The number of anilines is 1. The van der Waals surface area contributed by atoms with Crippen molar-refractivity contribution in [2.24, 2.45) is 17.8 Å². The number of nitrogens with zero attached hydrogens (tertiary/aromatic N) is 4. The molecule has 292 valence electrons. The van der Waals surface area contributed by atoms with Crippen LogP contribution in [0.15, 0.2) is 59.4 Å². The van der Waals surface area contributed by atoms with Crippen molar-refractivity contribution >= 4 is 44.6 Å². The molecule has 1 aromatic heterocycles. The highest BCUT2D eigenvalue weighted by atomic mass is 35.5. The number of methoxy groups -OCH3 is 1. The predicted octanol–water partition coefficient (Wildman–Crippen LogP) is 6.79. The van der Waals surface area contributed by atoms with Gasteiger partial charge in [0.15, 0.2) is 0 Å². The van der Waals surface area contributed by atoms with E-state index in [0.717, 1.165) is 101 Å². The van der Waals surface area contributed by atoms with Crippen molar-refractivity contribution in [3.05, 3.63) is 86.8 Å². The molecule has 1 amide bonds. The summed E-state index contributed by atoms with van der Waals surface area (Å²) >= 11 is 8.05. The van der Waals surface area contributed by atoms with Gasteiger partial charge in [-0.05, 0) is 105 Å². The lowest BCUT2D eigenvalue weighted by Crippen LogP contribution is -2.58. The number of aryl methyl sites for hydroxylation is 1. The molecule has 2 aromatic carbocycles. The fourth-order valence-corrected chi connectivity index (χ4v) is 10.7. The van der Waals surface area contributed by atoms with Crippen molar-refractivity contribution in [1.29, 1.82) is 0 Å². The van der Waals surface area contributed by atoms with Crippen LogP contribution in [0.1, 0.15) is 73.1 Å². The summed E-state index contributed by atoms with van der Waals surface area (Å²) in [5.41, 5.74) is 5.87. The molecule has 2 bridgehead atoms. The van der Waals surface area contributed by atoms with E-state index >= 15 is 0 Å². The van der Waals surface area contributed by atoms with E-state index in [-0.39, 0.29) is 11.8 Å². The van der Waals surface area contributed by atoms with E-state index in [4.69, 9.17) is 21.1 Å². The molecule has 4 heterocycles. The third-order valence-electron chi connectivity index (χ3n) is 12.4. The third kappa shape index (κ3) is 8.84. The number of rotatable bonds is 5. The maximum atomic E-state index is 13.6. The molecular formula is C41H54ClN5O5S2. The molecule has 0 radical (unpaired) electrons. The van der Waals surface area contributed by atoms with Crippen LogP contribution in [0.25, 0.3) is 0 Å². The van der Waals surface area contributed by atoms with Crippen LogP contribution in [0, 0.1) is 17.8 Å². The maximum Gasteiger partial charge on any atom is 0.264 e. The minimum Gasteiger partial charge on any atom is -0.487 e. The lowest BCUT2D eigenvalue weighted by molar-refractivity contribution is -0.0956. The van der Waals surface area contributed by atoms with Crippen LogP contribution < -0.4 is 14.4 Å². The second-order valence-corrected chi connectivity index (χ2v) is 18.9. The van der Waals surface area contributed by atoms with Crippen LogP contribution in [0.5, 0.6) is 5.75 Å². The number of amides is 1. The van der Waals surface area contributed by atoms with Gasteiger partial charge in [-0.2, -0.15) is 0 Å². The summed E-state index contributed by atoms with van der Waals surface area (Å²) in [4.78, 5) is 25.5. The number of piperazine rings is 1. The van der Waals surface area contributed by atoms with Crippen LogP contribution in [0.2, 0.25) is 5.02 Å². The fraction of sp³-hybridized carbons (Fsp3) is 0.561. The Morgan fingerprint density at radius 2 is 1.85 bits per heavy atom. The van der Waals surface area contributed by atoms with Crippen LogP contribution in [0.3, 0.4) is 0 Å². The highest BCUT2D eigenvalue weighted by Gasteiger charge is 2.48. The Bertz CT molecular complexity index is 1900. The van der Waals surface area contributed by atoms with Crippen molar-refractivity contribution in [3.8, 4) is 5.75 Å². The first kappa shape index (κ1) is 39.2. The van der Waals surface area contributed by atoms with Gasteiger partial charge in [-0.1, -0.05) is 36.7 Å². The molecule has 1 saturated carbocycles. The molecule has 1 aliphatic carbocycles. The fourth-order valence-electron chi connectivity index (χ4n) is 8.63. The van der Waals surface area contributed by atoms with Crippen LogP contribution in [0.4, 0.5) is 5.69 Å². The maximum absolute atomic E-state index is 13.6. The number of hydrogen-bond donors (Lipinski definition) is 1. The van der Waals surface area contributed by atoms with E-state index in [2.05, 4.69) is 41.9 Å². The molecule has 1 N–H and O–H groups in total. The summed E-state index contributed by atoms with van der Waals surface area (Å²) in [6, 6.07) is 11.3. The molecule has 3 aromatic rings. The zero-order chi connectivity index (χ0) is 37.9. The van der Waals surface area contributed by atoms with Crippen molar-refractivity contribution in [2.75, 3.05) is 57.8 Å². The number of benzene rings is 2. The van der Waals surface area contributed by atoms with Crippen molar-refractivity contribution in [1.82, 2.24) is 19.5 Å². The number of thiazole rings is 1. The zero-order valence-corrected chi connectivity index (χ0v) is 34.1. The smallest absolute Gasteiger partial charge is 0.264 e. The molecule has 7 rings (SSSR count). The van der Waals surface area contributed by atoms with Gasteiger partial charge in [-0.3, -0.25) is 14.6 Å². The summed E-state index contributed by atoms with van der Waals surface area (Å²) < 4.78 is 42.8. The van der Waals surface area contributed by atoms with Crippen LogP contribution in [-0.4, -0.2) is 92.9 Å². The minimum absolute atomic E-state index is 0.227. The lowest BCUT2D eigenvalue weighted by atomic mass is 9.63. The highest BCUT2D eigenvalue weighted by molar-refractivity contribution is 7.90. The first-order chi connectivity index (χ1) is 26.0. The van der Waals surface area contributed by atoms with E-state index in [9.17, 15) is 13.2 Å². The van der Waals surface area contributed by atoms with Crippen LogP contribution >= 0.6 is 22.9 Å². The molecule has 54 heavy (non-hydrogen) atoms. The minimum atomic E-state index is -3.96. The lowest BCUT2D eigenvalue weighted by Gasteiger charge is -2.52. The van der Waals surface area contributed by atoms with E-state index < -0.39 is 26.8 Å². The van der Waals surface area contributed by atoms with Gasteiger partial charge in [-0.15, -0.1) is 11.3 Å². The monoisotopic (exact) mass is 795 g/mol. The van der Waals surface area contributed by atoms with E-state index in [0.29, 0.717) is 35.3 Å². The Labute approximate surface area is 329 Å². The van der Waals surface area contributed by atoms with Crippen molar-refractivity contribution in [3.63, 3.8) is 0 Å². The summed E-state index contributed by atoms with van der Waals surface area (Å²) in [7, 11) is -2.12. The average molecular weight is 796 g/mol. The average Bonchev–Trinajstić information content (AvgIpc) is 3.65. The normalized spacial score (nSPS) is 29.0. The van der Waals surface area contributed by atoms with Crippen molar-refractivity contribution < 1.29 is 22.7 Å². The van der Waals surface area contributed by atoms with Gasteiger partial charge in [-0.25, -0.2) is 18.1 Å². The second kappa shape index (κ2) is 17.0. The molecule has 10 nitrogen and oxygen atoms in total. The second-order valence-electron chi connectivity index (χ2n) is 15.7. The SMILES string of the molecule is CO[C@]1(CN2CCN(Cc3cscn3)CC2)/C=C/C[C@H](C)[C@@H](C)S(=O)(=O)NC(=O)c2ccc3c(c2)N(CCCCc2cc(Cl)ccc2CO3)C[C@@H]2CC[C@H]21. The quantitative estimate of drug-likeness (QED) is 0.280. The number of halogens is 1. The molecule has 5 atom stereocenters. The Balaban J connectivity index is 1.21. The Hall–Kier alpha value is -3.00. The summed E-state index contributed by atoms with van der Waals surface area (Å²) in [6.45, 7) is 11.0. The van der Waals surface area contributed by atoms with E-state index in [1.165, 1.54) is 5.56 Å². The van der Waals surface area contributed by atoms with E-state index in [1.54, 1.807) is 24.3 Å². The Morgan fingerprint density at radius 3 is 2.59 bits per heavy atom. The first-order valence-electron chi connectivity index (χ1n) is 19.4. The number of carbonyl (C=O) groups is 1. The number of ether oxygens (including phenoxy) is 2. The van der Waals surface area contributed by atoms with Gasteiger partial charge in [0, 0.05) is 75.4 Å². The van der Waals surface area contributed by atoms with Gasteiger partial charge in [0.1, 0.15) is 18.0 Å². The topological polar surface area (TPSA) is 104 Å². The number of carbonyl (C=O) groups excluding carboxylic acids is 1. The first-order valence-corrected chi connectivity index (χ1v) is 22.3. The third-order valence-corrected chi connectivity index (χ3v) is 15.1. The largest absolute Gasteiger partial charge is 0.487 e. The molecule has 2 fully saturated rings. The number of sulfonamides is 1. The van der Waals surface area contributed by atoms with Crippen molar-refractivity contribution in [2.45, 2.75) is 76.4 Å². The molecule has 0 spiro atoms. The number of nitrogens with one attached hydrogen (secondary N) is 1. The molecule has 13 heteroatoms. The standard InChI is InChI=1S/C41H54ClN5O5S2/c1-29-7-6-15-41(51-3,27-46-19-17-45(18-20-46)24-36-26-53-28-43-36)37-13-10-33(37)23-47-16-5-4-8-31-21-35(42)12-9-34(31)25-52-39-14-11-32(22-38(39)47)40(48)44-54(49,50)30(29)2/h6,9,11-12,14-15,21-22,26,28-30,33,37H,4-5,7-8,10,13,16-20,23-25,27H2,1-3H3,(H,44,48)/b15-6+/t29-,30+,33-,37+,41-/m0/s1. The Morgan fingerprint density at radius 1 is 1.04 bits per heavy atom. The van der Waals surface area contributed by atoms with Gasteiger partial charge in [0.05, 0.1) is 22.1 Å². The number of allylic oxidation sites excluding steroid dienone is 1. The molecule has 1 saturated heterocycles. The summed E-state index contributed by atoms with van der Waals surface area (Å²) in [6.07, 6.45) is 9.85. The number of hydrogen-bond acceptors (Lipinski definition) is 10.